The number of aryl methyl sites for hydroxylation is 1. The van der Waals surface area contributed by atoms with E-state index in [1.807, 2.05) is 24.6 Å². The van der Waals surface area contributed by atoms with Gasteiger partial charge < -0.3 is 14.4 Å². The summed E-state index contributed by atoms with van der Waals surface area (Å²) < 4.78 is 2.74. The Morgan fingerprint density at radius 3 is 2.42 bits per heavy atom. The molecule has 0 bridgehead atoms. The Balaban J connectivity index is 2.92. The molecule has 0 aliphatic carbocycles. The maximum Gasteiger partial charge on any atom is 0.270 e. The van der Waals surface area contributed by atoms with Crippen molar-refractivity contribution in [2.45, 2.75) is 20.4 Å². The smallest absolute Gasteiger partial charge is 0.270 e. The van der Waals surface area contributed by atoms with Crippen LogP contribution in [0.3, 0.4) is 0 Å². The van der Waals surface area contributed by atoms with Crippen molar-refractivity contribution in [2.24, 2.45) is 0 Å². The number of nitrogens with zero attached hydrogens (tertiary/aromatic N) is 3. The normalized spacial score (nSPS) is 10.4. The molecule has 6 heteroatoms. The Labute approximate surface area is 122 Å². The monoisotopic (exact) mass is 329 g/mol. The molecule has 0 fully saturated rings. The minimum Gasteiger partial charge on any atom is -0.347 e. The van der Waals surface area contributed by atoms with E-state index in [1.54, 1.807) is 25.1 Å². The molecular weight excluding hydrogens is 310 g/mol. The lowest BCUT2D eigenvalue weighted by atomic mass is 10.3. The Hall–Kier alpha value is -1.30. The third-order valence-electron chi connectivity index (χ3n) is 2.92. The lowest BCUT2D eigenvalue weighted by Crippen LogP contribution is -2.40. The summed E-state index contributed by atoms with van der Waals surface area (Å²) in [5.41, 5.74) is 0.600. The number of halogens is 1. The van der Waals surface area contributed by atoms with Crippen molar-refractivity contribution >= 4 is 27.7 Å². The highest BCUT2D eigenvalue weighted by Crippen LogP contribution is 2.16. The second-order valence-corrected chi connectivity index (χ2v) is 5.35. The molecule has 0 aliphatic heterocycles. The van der Waals surface area contributed by atoms with Crippen LogP contribution in [0.15, 0.2) is 16.7 Å². The van der Waals surface area contributed by atoms with Gasteiger partial charge in [0, 0.05) is 37.9 Å². The summed E-state index contributed by atoms with van der Waals surface area (Å²) in [6.07, 6.45) is 1.87. The number of carbonyl (C=O) groups excluding carboxylic acids is 2. The van der Waals surface area contributed by atoms with E-state index in [1.165, 1.54) is 4.90 Å². The third kappa shape index (κ3) is 3.83. The van der Waals surface area contributed by atoms with Crippen molar-refractivity contribution in [1.29, 1.82) is 0 Å². The van der Waals surface area contributed by atoms with E-state index >= 15 is 0 Å². The van der Waals surface area contributed by atoms with E-state index in [0.29, 0.717) is 18.8 Å². The molecule has 0 atom stereocenters. The Kier molecular flexibility index (Phi) is 5.60. The van der Waals surface area contributed by atoms with Crippen LogP contribution < -0.4 is 0 Å². The van der Waals surface area contributed by atoms with Gasteiger partial charge in [0.05, 0.1) is 0 Å². The third-order valence-corrected chi connectivity index (χ3v) is 3.35. The van der Waals surface area contributed by atoms with Crippen molar-refractivity contribution in [3.05, 3.63) is 22.4 Å². The zero-order valence-corrected chi connectivity index (χ0v) is 13.4. The first kappa shape index (κ1) is 15.8. The minimum atomic E-state index is -0.120. The largest absolute Gasteiger partial charge is 0.347 e. The average molecular weight is 330 g/mol. The summed E-state index contributed by atoms with van der Waals surface area (Å²) in [5.74, 6) is -0.200. The van der Waals surface area contributed by atoms with E-state index in [4.69, 9.17) is 0 Å². The topological polar surface area (TPSA) is 45.6 Å². The molecule has 1 aromatic rings. The lowest BCUT2D eigenvalue weighted by Gasteiger charge is -2.22. The van der Waals surface area contributed by atoms with Crippen LogP contribution in [-0.2, 0) is 11.3 Å². The van der Waals surface area contributed by atoms with Crippen molar-refractivity contribution in [3.63, 3.8) is 0 Å². The van der Waals surface area contributed by atoms with Gasteiger partial charge in [0.25, 0.3) is 5.91 Å². The highest BCUT2D eigenvalue weighted by Gasteiger charge is 2.21. The molecule has 0 unspecified atom stereocenters. The minimum absolute atomic E-state index is 0.0797. The Morgan fingerprint density at radius 2 is 1.95 bits per heavy atom. The summed E-state index contributed by atoms with van der Waals surface area (Å²) in [6.45, 7) is 5.17. The number of carbonyl (C=O) groups is 2. The van der Waals surface area contributed by atoms with Gasteiger partial charge in [-0.3, -0.25) is 9.59 Å². The highest BCUT2D eigenvalue weighted by atomic mass is 79.9. The molecule has 106 valence electrons. The Bertz CT molecular complexity index is 468. The number of aromatic nitrogens is 1. The molecule has 1 aromatic heterocycles. The van der Waals surface area contributed by atoms with Crippen LogP contribution in [0, 0.1) is 0 Å². The molecule has 5 nitrogen and oxygen atoms in total. The standard InChI is InChI=1S/C13H20BrN3O2/c1-5-16-8-10(14)7-11(16)13(19)17(6-2)9-12(18)15(3)4/h7-8H,5-6,9H2,1-4H3. The fourth-order valence-corrected chi connectivity index (χ4v) is 2.17. The first-order chi connectivity index (χ1) is 8.90. The van der Waals surface area contributed by atoms with Gasteiger partial charge in [-0.15, -0.1) is 0 Å². The van der Waals surface area contributed by atoms with Crippen LogP contribution in [0.25, 0.3) is 0 Å². The molecule has 0 spiro atoms. The van der Waals surface area contributed by atoms with E-state index in [9.17, 15) is 9.59 Å². The van der Waals surface area contributed by atoms with E-state index in [0.717, 1.165) is 4.47 Å². The van der Waals surface area contributed by atoms with Crippen LogP contribution in [0.4, 0.5) is 0 Å². The number of amides is 2. The van der Waals surface area contributed by atoms with Gasteiger partial charge in [-0.1, -0.05) is 0 Å². The lowest BCUT2D eigenvalue weighted by molar-refractivity contribution is -0.129. The Morgan fingerprint density at radius 1 is 1.32 bits per heavy atom. The summed E-state index contributed by atoms with van der Waals surface area (Å²) in [7, 11) is 3.37. The van der Waals surface area contributed by atoms with Gasteiger partial charge in [0.2, 0.25) is 5.91 Å². The molecule has 19 heavy (non-hydrogen) atoms. The summed E-state index contributed by atoms with van der Waals surface area (Å²) in [4.78, 5) is 27.2. The van der Waals surface area contributed by atoms with Gasteiger partial charge in [0.1, 0.15) is 12.2 Å². The van der Waals surface area contributed by atoms with E-state index in [2.05, 4.69) is 15.9 Å². The summed E-state index contributed by atoms with van der Waals surface area (Å²) >= 11 is 3.37. The second-order valence-electron chi connectivity index (χ2n) is 4.44. The molecule has 1 heterocycles. The molecule has 0 aliphatic rings. The van der Waals surface area contributed by atoms with Gasteiger partial charge in [0.15, 0.2) is 0 Å². The van der Waals surface area contributed by atoms with Gasteiger partial charge in [-0.25, -0.2) is 0 Å². The molecule has 1 rings (SSSR count). The molecule has 0 aromatic carbocycles. The van der Waals surface area contributed by atoms with Crippen molar-refractivity contribution in [3.8, 4) is 0 Å². The average Bonchev–Trinajstić information content (AvgIpc) is 2.75. The maximum atomic E-state index is 12.4. The first-order valence-electron chi connectivity index (χ1n) is 6.25. The van der Waals surface area contributed by atoms with Gasteiger partial charge in [-0.05, 0) is 35.8 Å². The van der Waals surface area contributed by atoms with E-state index in [-0.39, 0.29) is 18.4 Å². The predicted molar refractivity (Wildman–Crippen MR) is 78.1 cm³/mol. The van der Waals surface area contributed by atoms with Crippen LogP contribution in [-0.4, -0.2) is 53.4 Å². The van der Waals surface area contributed by atoms with Crippen LogP contribution in [0.1, 0.15) is 24.3 Å². The predicted octanol–water partition coefficient (Wildman–Crippen LogP) is 1.82. The zero-order chi connectivity index (χ0) is 14.6. The molecule has 0 N–H and O–H groups in total. The SMILES string of the molecule is CCN(CC(=O)N(C)C)C(=O)c1cc(Br)cn1CC. The first-order valence-corrected chi connectivity index (χ1v) is 7.05. The number of likely N-dealkylation sites (N-methyl/N-ethyl adjacent to an activating group) is 2. The maximum absolute atomic E-state index is 12.4. The van der Waals surface area contributed by atoms with Crippen LogP contribution in [0.2, 0.25) is 0 Å². The van der Waals surface area contributed by atoms with Crippen molar-refractivity contribution < 1.29 is 9.59 Å². The van der Waals surface area contributed by atoms with Gasteiger partial charge in [-0.2, -0.15) is 0 Å². The molecule has 0 saturated carbocycles. The number of hydrogen-bond acceptors (Lipinski definition) is 2. The summed E-state index contributed by atoms with van der Waals surface area (Å²) in [5, 5.41) is 0. The number of hydrogen-bond donors (Lipinski definition) is 0. The second kappa shape index (κ2) is 6.75. The van der Waals surface area contributed by atoms with Crippen molar-refractivity contribution in [1.82, 2.24) is 14.4 Å². The molecule has 0 saturated heterocycles. The van der Waals surface area contributed by atoms with Crippen molar-refractivity contribution in [2.75, 3.05) is 27.2 Å². The summed E-state index contributed by atoms with van der Waals surface area (Å²) in [6, 6.07) is 1.79. The molecule has 2 amide bonds. The fourth-order valence-electron chi connectivity index (χ4n) is 1.71. The van der Waals surface area contributed by atoms with Crippen LogP contribution in [0.5, 0.6) is 0 Å². The zero-order valence-electron chi connectivity index (χ0n) is 11.8. The number of rotatable bonds is 5. The highest BCUT2D eigenvalue weighted by molar-refractivity contribution is 9.10. The van der Waals surface area contributed by atoms with E-state index < -0.39 is 0 Å². The molecular formula is C13H20BrN3O2. The fraction of sp³-hybridized carbons (Fsp3) is 0.538. The van der Waals surface area contributed by atoms with Gasteiger partial charge >= 0.3 is 0 Å². The van der Waals surface area contributed by atoms with Crippen LogP contribution >= 0.6 is 15.9 Å². The molecule has 0 radical (unpaired) electrons. The quantitative estimate of drug-likeness (QED) is 0.827.